The van der Waals surface area contributed by atoms with E-state index in [-0.39, 0.29) is 5.91 Å². The zero-order valence-corrected chi connectivity index (χ0v) is 13.8. The first-order chi connectivity index (χ1) is 11.6. The zero-order valence-electron chi connectivity index (χ0n) is 13.8. The van der Waals surface area contributed by atoms with Crippen molar-refractivity contribution in [2.75, 3.05) is 13.1 Å². The second-order valence-electron chi connectivity index (χ2n) is 7.08. The highest BCUT2D eigenvalue weighted by molar-refractivity contribution is 5.93. The summed E-state index contributed by atoms with van der Waals surface area (Å²) in [6, 6.07) is 10.1. The molecule has 5 heteroatoms. The van der Waals surface area contributed by atoms with Gasteiger partial charge >= 0.3 is 0 Å². The van der Waals surface area contributed by atoms with E-state index >= 15 is 0 Å². The van der Waals surface area contributed by atoms with E-state index in [1.807, 2.05) is 34.0 Å². The number of aromatic nitrogens is 2. The van der Waals surface area contributed by atoms with E-state index in [2.05, 4.69) is 17.2 Å². The highest BCUT2D eigenvalue weighted by Crippen LogP contribution is 2.46. The van der Waals surface area contributed by atoms with Crippen molar-refractivity contribution in [3.05, 3.63) is 53.9 Å². The Morgan fingerprint density at radius 2 is 1.92 bits per heavy atom. The Kier molecular flexibility index (Phi) is 3.88. The summed E-state index contributed by atoms with van der Waals surface area (Å²) in [4.78, 5) is 14.5. The highest BCUT2D eigenvalue weighted by atomic mass is 16.3. The van der Waals surface area contributed by atoms with Crippen LogP contribution in [0.25, 0.3) is 0 Å². The van der Waals surface area contributed by atoms with Gasteiger partial charge in [0.05, 0.1) is 23.9 Å². The smallest absolute Gasteiger partial charge is 0.257 e. The number of benzene rings is 1. The summed E-state index contributed by atoms with van der Waals surface area (Å²) < 4.78 is 1.81. The summed E-state index contributed by atoms with van der Waals surface area (Å²) in [6.07, 6.45) is 7.15. The molecule has 0 bridgehead atoms. The molecule has 126 valence electrons. The van der Waals surface area contributed by atoms with Crippen LogP contribution in [0.3, 0.4) is 0 Å². The zero-order chi connectivity index (χ0) is 16.6. The van der Waals surface area contributed by atoms with Gasteiger partial charge in [0.1, 0.15) is 0 Å². The maximum Gasteiger partial charge on any atom is 0.257 e. The SMILES string of the molecule is O=C(c1cnn(Cc2ccccc2)c1)N1CCC(C2(O)CC2)CC1. The first kappa shape index (κ1) is 15.4. The maximum atomic E-state index is 12.6. The summed E-state index contributed by atoms with van der Waals surface area (Å²) in [5, 5.41) is 14.5. The van der Waals surface area contributed by atoms with Crippen LogP contribution in [0.2, 0.25) is 0 Å². The summed E-state index contributed by atoms with van der Waals surface area (Å²) in [7, 11) is 0. The molecule has 1 aliphatic carbocycles. The number of piperidine rings is 1. The molecule has 2 fully saturated rings. The Balaban J connectivity index is 1.37. The Hall–Kier alpha value is -2.14. The van der Waals surface area contributed by atoms with Gasteiger partial charge in [-0.05, 0) is 37.2 Å². The molecule has 2 aliphatic rings. The number of amides is 1. The quantitative estimate of drug-likeness (QED) is 0.938. The van der Waals surface area contributed by atoms with Crippen molar-refractivity contribution in [3.63, 3.8) is 0 Å². The van der Waals surface area contributed by atoms with Gasteiger partial charge in [0.15, 0.2) is 0 Å². The van der Waals surface area contributed by atoms with Crippen LogP contribution in [0.15, 0.2) is 42.7 Å². The van der Waals surface area contributed by atoms with Crippen LogP contribution in [0.1, 0.15) is 41.6 Å². The number of nitrogens with zero attached hydrogens (tertiary/aromatic N) is 3. The molecule has 2 aromatic rings. The number of carbonyl (C=O) groups is 1. The lowest BCUT2D eigenvalue weighted by atomic mass is 9.89. The first-order valence-corrected chi connectivity index (χ1v) is 8.72. The van der Waals surface area contributed by atoms with Crippen LogP contribution in [-0.2, 0) is 6.54 Å². The second kappa shape index (κ2) is 6.06. The number of likely N-dealkylation sites (tertiary alicyclic amines) is 1. The van der Waals surface area contributed by atoms with E-state index in [4.69, 9.17) is 0 Å². The molecule has 1 saturated heterocycles. The predicted molar refractivity (Wildman–Crippen MR) is 90.6 cm³/mol. The Bertz CT molecular complexity index is 713. The second-order valence-corrected chi connectivity index (χ2v) is 7.08. The Morgan fingerprint density at radius 1 is 1.21 bits per heavy atom. The van der Waals surface area contributed by atoms with E-state index in [9.17, 15) is 9.90 Å². The average molecular weight is 325 g/mol. The van der Waals surface area contributed by atoms with Crippen LogP contribution in [0.4, 0.5) is 0 Å². The lowest BCUT2D eigenvalue weighted by Crippen LogP contribution is -2.41. The van der Waals surface area contributed by atoms with Crippen LogP contribution < -0.4 is 0 Å². The average Bonchev–Trinajstić information content (AvgIpc) is 3.20. The van der Waals surface area contributed by atoms with Gasteiger partial charge in [0.25, 0.3) is 5.91 Å². The molecular weight excluding hydrogens is 302 g/mol. The van der Waals surface area contributed by atoms with E-state index in [1.165, 1.54) is 0 Å². The number of carbonyl (C=O) groups excluding carboxylic acids is 1. The fourth-order valence-corrected chi connectivity index (χ4v) is 3.67. The van der Waals surface area contributed by atoms with Gasteiger partial charge in [-0.2, -0.15) is 5.10 Å². The molecule has 5 nitrogen and oxygen atoms in total. The molecule has 4 rings (SSSR count). The molecule has 1 N–H and O–H groups in total. The van der Waals surface area contributed by atoms with Gasteiger partial charge in [-0.1, -0.05) is 30.3 Å². The van der Waals surface area contributed by atoms with Gasteiger partial charge in [-0.3, -0.25) is 9.48 Å². The van der Waals surface area contributed by atoms with Gasteiger partial charge < -0.3 is 10.0 Å². The van der Waals surface area contributed by atoms with Crippen molar-refractivity contribution >= 4 is 5.91 Å². The third-order valence-electron chi connectivity index (χ3n) is 5.37. The standard InChI is InChI=1S/C19H23N3O2/c23-18(21-10-6-17(7-11-21)19(24)8-9-19)16-12-20-22(14-16)13-15-4-2-1-3-5-15/h1-5,12,14,17,24H,6-11,13H2. The largest absolute Gasteiger partial charge is 0.390 e. The van der Waals surface area contributed by atoms with E-state index in [0.717, 1.165) is 44.3 Å². The summed E-state index contributed by atoms with van der Waals surface area (Å²) in [5.74, 6) is 0.415. The molecule has 1 aromatic carbocycles. The fraction of sp³-hybridized carbons (Fsp3) is 0.474. The van der Waals surface area contributed by atoms with Crippen molar-refractivity contribution in [2.24, 2.45) is 5.92 Å². The number of aliphatic hydroxyl groups is 1. The van der Waals surface area contributed by atoms with Gasteiger partial charge in [-0.15, -0.1) is 0 Å². The minimum Gasteiger partial charge on any atom is -0.390 e. The van der Waals surface area contributed by atoms with Crippen LogP contribution >= 0.6 is 0 Å². The molecule has 1 saturated carbocycles. The predicted octanol–water partition coefficient (Wildman–Crippen LogP) is 2.31. The third kappa shape index (κ3) is 3.08. The van der Waals surface area contributed by atoms with Crippen LogP contribution in [0, 0.1) is 5.92 Å². The summed E-state index contributed by atoms with van der Waals surface area (Å²) in [5.41, 5.74) is 1.39. The lowest BCUT2D eigenvalue weighted by molar-refractivity contribution is 0.0340. The topological polar surface area (TPSA) is 58.4 Å². The van der Waals surface area contributed by atoms with Gasteiger partial charge in [0, 0.05) is 19.3 Å². The summed E-state index contributed by atoms with van der Waals surface area (Å²) >= 11 is 0. The molecule has 0 spiro atoms. The van der Waals surface area contributed by atoms with E-state index in [1.54, 1.807) is 6.20 Å². The fourth-order valence-electron chi connectivity index (χ4n) is 3.67. The number of rotatable bonds is 4. The molecular formula is C19H23N3O2. The maximum absolute atomic E-state index is 12.6. The van der Waals surface area contributed by atoms with E-state index in [0.29, 0.717) is 18.0 Å². The van der Waals surface area contributed by atoms with Crippen molar-refractivity contribution in [3.8, 4) is 0 Å². The van der Waals surface area contributed by atoms with Crippen LogP contribution in [0.5, 0.6) is 0 Å². The molecule has 1 amide bonds. The van der Waals surface area contributed by atoms with Crippen molar-refractivity contribution in [1.82, 2.24) is 14.7 Å². The molecule has 1 aliphatic heterocycles. The molecule has 2 heterocycles. The highest BCUT2D eigenvalue weighted by Gasteiger charge is 2.48. The van der Waals surface area contributed by atoms with Crippen LogP contribution in [-0.4, -0.2) is 44.4 Å². The minimum absolute atomic E-state index is 0.0514. The monoisotopic (exact) mass is 325 g/mol. The number of hydrogen-bond acceptors (Lipinski definition) is 3. The molecule has 0 radical (unpaired) electrons. The Labute approximate surface area is 141 Å². The molecule has 1 aromatic heterocycles. The molecule has 0 atom stereocenters. The third-order valence-corrected chi connectivity index (χ3v) is 5.37. The molecule has 0 unspecified atom stereocenters. The number of hydrogen-bond donors (Lipinski definition) is 1. The van der Waals surface area contributed by atoms with Gasteiger partial charge in [-0.25, -0.2) is 0 Å². The van der Waals surface area contributed by atoms with Crippen molar-refractivity contribution < 1.29 is 9.90 Å². The van der Waals surface area contributed by atoms with Crippen molar-refractivity contribution in [1.29, 1.82) is 0 Å². The molecule has 24 heavy (non-hydrogen) atoms. The van der Waals surface area contributed by atoms with Gasteiger partial charge in [0.2, 0.25) is 0 Å². The lowest BCUT2D eigenvalue weighted by Gasteiger charge is -2.34. The van der Waals surface area contributed by atoms with Crippen molar-refractivity contribution in [2.45, 2.75) is 37.8 Å². The Morgan fingerprint density at radius 3 is 2.58 bits per heavy atom. The normalized spacial score (nSPS) is 20.1. The minimum atomic E-state index is -0.421. The first-order valence-electron chi connectivity index (χ1n) is 8.72. The summed E-state index contributed by atoms with van der Waals surface area (Å²) in [6.45, 7) is 2.13. The van der Waals surface area contributed by atoms with E-state index < -0.39 is 5.60 Å².